The summed E-state index contributed by atoms with van der Waals surface area (Å²) in [6, 6.07) is 2.17. The highest BCUT2D eigenvalue weighted by Gasteiger charge is 2.33. The highest BCUT2D eigenvalue weighted by molar-refractivity contribution is 6.67. The lowest BCUT2D eigenvalue weighted by atomic mass is 10.0. The van der Waals surface area contributed by atoms with E-state index in [0.717, 1.165) is 25.3 Å². The summed E-state index contributed by atoms with van der Waals surface area (Å²) in [6.07, 6.45) is 22.2. The molecule has 0 aromatic heterocycles. The lowest BCUT2D eigenvalue weighted by Crippen LogP contribution is -2.42. The van der Waals surface area contributed by atoms with Crippen molar-refractivity contribution in [1.82, 2.24) is 0 Å². The van der Waals surface area contributed by atoms with Crippen molar-refractivity contribution in [1.29, 1.82) is 0 Å². The van der Waals surface area contributed by atoms with Crippen molar-refractivity contribution in [2.75, 3.05) is 13.2 Å². The Hall–Kier alpha value is 0.137. The summed E-state index contributed by atoms with van der Waals surface area (Å²) >= 11 is 0. The third kappa shape index (κ3) is 17.5. The van der Waals surface area contributed by atoms with Gasteiger partial charge in [-0.15, -0.1) is 0 Å². The van der Waals surface area contributed by atoms with Crippen LogP contribution in [0.15, 0.2) is 0 Å². The van der Waals surface area contributed by atoms with Crippen LogP contribution in [0.4, 0.5) is 0 Å². The number of rotatable bonds is 23. The van der Waals surface area contributed by atoms with Gasteiger partial charge in [0.15, 0.2) is 0 Å². The Morgan fingerprint density at radius 3 is 1.41 bits per heavy atom. The Morgan fingerprint density at radius 1 is 0.552 bits per heavy atom. The smallest absolute Gasteiger partial charge is 0.337 e. The fourth-order valence-electron chi connectivity index (χ4n) is 4.12. The Labute approximate surface area is 186 Å². The molecular weight excluding hydrogens is 372 g/mol. The lowest BCUT2D eigenvalue weighted by Gasteiger charge is -2.30. The predicted molar refractivity (Wildman–Crippen MR) is 133 cm³/mol. The predicted octanol–water partition coefficient (Wildman–Crippen LogP) is 9.42. The Bertz CT molecular complexity index is 318. The molecule has 0 aliphatic rings. The van der Waals surface area contributed by atoms with E-state index in [1.165, 1.54) is 103 Å². The summed E-state index contributed by atoms with van der Waals surface area (Å²) in [7, 11) is -1.94. The monoisotopic (exact) mass is 428 g/mol. The largest absolute Gasteiger partial charge is 0.394 e. The van der Waals surface area contributed by atoms with E-state index in [9.17, 15) is 0 Å². The van der Waals surface area contributed by atoms with Gasteiger partial charge in [-0.25, -0.2) is 0 Å². The first kappa shape index (κ1) is 29.1. The molecule has 0 amide bonds. The molecule has 0 N–H and O–H groups in total. The van der Waals surface area contributed by atoms with Crippen molar-refractivity contribution in [3.63, 3.8) is 0 Å². The molecule has 0 spiro atoms. The zero-order valence-corrected chi connectivity index (χ0v) is 22.0. The van der Waals surface area contributed by atoms with Gasteiger partial charge >= 0.3 is 8.56 Å². The van der Waals surface area contributed by atoms with Gasteiger partial charge in [0.1, 0.15) is 0 Å². The molecule has 176 valence electrons. The summed E-state index contributed by atoms with van der Waals surface area (Å²) in [5.41, 5.74) is 0. The van der Waals surface area contributed by atoms with E-state index in [0.29, 0.717) is 5.92 Å². The SMILES string of the molecule is CCCCCCCCCCCCCCCCO[Si](CC)(CC)OCC(C)CCC. The van der Waals surface area contributed by atoms with Gasteiger partial charge in [-0.05, 0) is 30.8 Å². The molecule has 0 aromatic rings. The molecule has 29 heavy (non-hydrogen) atoms. The molecule has 0 bridgehead atoms. The molecule has 0 aliphatic heterocycles. The molecule has 0 aromatic carbocycles. The van der Waals surface area contributed by atoms with Crippen molar-refractivity contribution in [2.45, 2.75) is 149 Å². The van der Waals surface area contributed by atoms with Gasteiger partial charge in [-0.2, -0.15) is 0 Å². The van der Waals surface area contributed by atoms with Crippen LogP contribution in [-0.4, -0.2) is 21.8 Å². The number of hydrogen-bond donors (Lipinski definition) is 0. The van der Waals surface area contributed by atoms with Crippen molar-refractivity contribution in [2.24, 2.45) is 5.92 Å². The topological polar surface area (TPSA) is 18.5 Å². The fourth-order valence-corrected chi connectivity index (χ4v) is 6.63. The second kappa shape index (κ2) is 21.4. The Balaban J connectivity index is 3.56. The first-order valence-corrected chi connectivity index (χ1v) is 15.6. The van der Waals surface area contributed by atoms with Gasteiger partial charge in [-0.3, -0.25) is 0 Å². The van der Waals surface area contributed by atoms with Crippen LogP contribution in [0.2, 0.25) is 12.1 Å². The third-order valence-electron chi connectivity index (χ3n) is 6.35. The summed E-state index contributed by atoms with van der Waals surface area (Å²) in [5, 5.41) is 0. The quantitative estimate of drug-likeness (QED) is 0.119. The van der Waals surface area contributed by atoms with Gasteiger partial charge in [0.2, 0.25) is 0 Å². The zero-order valence-electron chi connectivity index (χ0n) is 21.0. The zero-order chi connectivity index (χ0) is 21.6. The lowest BCUT2D eigenvalue weighted by molar-refractivity contribution is 0.144. The van der Waals surface area contributed by atoms with Crippen LogP contribution < -0.4 is 0 Å². The normalized spacial score (nSPS) is 13.1. The molecule has 0 fully saturated rings. The van der Waals surface area contributed by atoms with Gasteiger partial charge in [0.05, 0.1) is 0 Å². The molecule has 2 nitrogen and oxygen atoms in total. The first-order valence-electron chi connectivity index (χ1n) is 13.4. The highest BCUT2D eigenvalue weighted by Crippen LogP contribution is 2.21. The van der Waals surface area contributed by atoms with Crippen LogP contribution in [0.5, 0.6) is 0 Å². The van der Waals surface area contributed by atoms with E-state index < -0.39 is 8.56 Å². The van der Waals surface area contributed by atoms with E-state index in [-0.39, 0.29) is 0 Å². The van der Waals surface area contributed by atoms with Crippen molar-refractivity contribution < 1.29 is 8.85 Å². The summed E-state index contributed by atoms with van der Waals surface area (Å²) in [4.78, 5) is 0. The van der Waals surface area contributed by atoms with Crippen LogP contribution >= 0.6 is 0 Å². The third-order valence-corrected chi connectivity index (χ3v) is 9.93. The van der Waals surface area contributed by atoms with Crippen LogP contribution in [-0.2, 0) is 8.85 Å². The molecular formula is C26H56O2Si. The minimum absolute atomic E-state index is 0.662. The molecule has 0 heterocycles. The minimum atomic E-state index is -1.94. The Morgan fingerprint density at radius 2 is 1.00 bits per heavy atom. The standard InChI is InChI=1S/C26H56O2Si/c1-6-10-11-12-13-14-15-16-17-18-19-20-21-22-24-27-29(8-3,9-4)28-25-26(5)23-7-2/h26H,6-25H2,1-5H3. The molecule has 3 heteroatoms. The van der Waals surface area contributed by atoms with Crippen LogP contribution in [0.25, 0.3) is 0 Å². The van der Waals surface area contributed by atoms with Crippen molar-refractivity contribution >= 4 is 8.56 Å². The van der Waals surface area contributed by atoms with E-state index in [2.05, 4.69) is 34.6 Å². The summed E-state index contributed by atoms with van der Waals surface area (Å²) in [6.45, 7) is 13.2. The summed E-state index contributed by atoms with van der Waals surface area (Å²) < 4.78 is 12.8. The molecule has 0 radical (unpaired) electrons. The van der Waals surface area contributed by atoms with E-state index in [1.54, 1.807) is 0 Å². The average Bonchev–Trinajstić information content (AvgIpc) is 2.73. The molecule has 1 atom stereocenters. The van der Waals surface area contributed by atoms with Gasteiger partial charge in [-0.1, -0.05) is 125 Å². The van der Waals surface area contributed by atoms with Gasteiger partial charge in [0, 0.05) is 13.2 Å². The van der Waals surface area contributed by atoms with Crippen molar-refractivity contribution in [3.8, 4) is 0 Å². The minimum Gasteiger partial charge on any atom is -0.394 e. The highest BCUT2D eigenvalue weighted by atomic mass is 28.4. The van der Waals surface area contributed by atoms with Crippen LogP contribution in [0.3, 0.4) is 0 Å². The van der Waals surface area contributed by atoms with Crippen LogP contribution in [0, 0.1) is 5.92 Å². The maximum absolute atomic E-state index is 6.38. The Kier molecular flexibility index (Phi) is 21.5. The molecule has 0 saturated carbocycles. The molecule has 0 rings (SSSR count). The van der Waals surface area contributed by atoms with Crippen molar-refractivity contribution in [3.05, 3.63) is 0 Å². The summed E-state index contributed by atoms with van der Waals surface area (Å²) in [5.74, 6) is 0.662. The first-order chi connectivity index (χ1) is 14.1. The average molecular weight is 429 g/mol. The second-order valence-electron chi connectivity index (χ2n) is 9.27. The molecule has 0 aliphatic carbocycles. The maximum Gasteiger partial charge on any atom is 0.337 e. The van der Waals surface area contributed by atoms with E-state index in [1.807, 2.05) is 0 Å². The number of hydrogen-bond acceptors (Lipinski definition) is 2. The van der Waals surface area contributed by atoms with Gasteiger partial charge in [0.25, 0.3) is 0 Å². The van der Waals surface area contributed by atoms with Crippen LogP contribution in [0.1, 0.15) is 137 Å². The van der Waals surface area contributed by atoms with E-state index in [4.69, 9.17) is 8.85 Å². The maximum atomic E-state index is 6.38. The molecule has 0 saturated heterocycles. The molecule has 1 unspecified atom stereocenters. The van der Waals surface area contributed by atoms with E-state index >= 15 is 0 Å². The fraction of sp³-hybridized carbons (Fsp3) is 1.00. The number of unbranched alkanes of at least 4 members (excludes halogenated alkanes) is 13. The van der Waals surface area contributed by atoms with Gasteiger partial charge < -0.3 is 8.85 Å². The second-order valence-corrected chi connectivity index (χ2v) is 13.1.